The van der Waals surface area contributed by atoms with Crippen molar-refractivity contribution in [2.75, 3.05) is 11.1 Å². The number of pyridine rings is 1. The molecule has 24 heavy (non-hydrogen) atoms. The molecule has 1 aromatic heterocycles. The van der Waals surface area contributed by atoms with E-state index in [1.807, 2.05) is 19.1 Å². The highest BCUT2D eigenvalue weighted by Gasteiger charge is 2.31. The molecule has 0 atom stereocenters. The lowest BCUT2D eigenvalue weighted by atomic mass is 10.2. The molecule has 128 valence electrons. The first-order valence-corrected chi connectivity index (χ1v) is 8.74. The van der Waals surface area contributed by atoms with Crippen LogP contribution < -0.4 is 5.32 Å². The highest BCUT2D eigenvalue weighted by atomic mass is 79.9. The molecule has 2 rings (SSSR count). The third-order valence-corrected chi connectivity index (χ3v) is 4.93. The van der Waals surface area contributed by atoms with E-state index in [0.29, 0.717) is 11.9 Å². The maximum absolute atomic E-state index is 12.5. The second-order valence-corrected chi connectivity index (χ2v) is 7.05. The van der Waals surface area contributed by atoms with E-state index in [1.54, 1.807) is 6.07 Å². The Labute approximate surface area is 154 Å². The molecule has 2 aromatic rings. The van der Waals surface area contributed by atoms with Crippen molar-refractivity contribution in [1.82, 2.24) is 4.98 Å². The summed E-state index contributed by atoms with van der Waals surface area (Å²) in [6.07, 6.45) is -3.81. The van der Waals surface area contributed by atoms with Crippen LogP contribution in [0.5, 0.6) is 0 Å². The van der Waals surface area contributed by atoms with Crippen molar-refractivity contribution < 1.29 is 18.0 Å². The van der Waals surface area contributed by atoms with Gasteiger partial charge in [-0.1, -0.05) is 29.4 Å². The summed E-state index contributed by atoms with van der Waals surface area (Å²) >= 11 is 10.1. The van der Waals surface area contributed by atoms with E-state index >= 15 is 0 Å². The number of nitrogens with zero attached hydrogens (tertiary/aromatic N) is 1. The number of carbonyl (C=O) groups is 1. The van der Waals surface area contributed by atoms with Crippen LogP contribution >= 0.6 is 39.3 Å². The number of hydrogen-bond donors (Lipinski definition) is 1. The minimum atomic E-state index is -4.51. The smallest absolute Gasteiger partial charge is 0.324 e. The third-order valence-electron chi connectivity index (χ3n) is 2.87. The second kappa shape index (κ2) is 7.76. The standard InChI is InChI=1S/C15H11BrClF3N2OS/c1-8-2-3-12(10(16)4-8)22-13(23)7-24-14-11(17)5-9(6-21-14)15(18,19)20/h2-6H,7H2,1H3,(H,22,23). The van der Waals surface area contributed by atoms with Crippen molar-refractivity contribution in [3.05, 3.63) is 51.1 Å². The zero-order chi connectivity index (χ0) is 17.9. The molecular weight excluding hydrogens is 429 g/mol. The van der Waals surface area contributed by atoms with E-state index in [4.69, 9.17) is 11.6 Å². The first-order chi connectivity index (χ1) is 11.2. The van der Waals surface area contributed by atoms with Gasteiger partial charge in [-0.3, -0.25) is 4.79 Å². The van der Waals surface area contributed by atoms with Crippen molar-refractivity contribution in [3.8, 4) is 0 Å². The van der Waals surface area contributed by atoms with Crippen LogP contribution in [0.15, 0.2) is 40.0 Å². The van der Waals surface area contributed by atoms with E-state index in [-0.39, 0.29) is 21.7 Å². The molecule has 0 aliphatic carbocycles. The fourth-order valence-electron chi connectivity index (χ4n) is 1.73. The number of amides is 1. The molecule has 0 unspecified atom stereocenters. The summed E-state index contributed by atoms with van der Waals surface area (Å²) in [5, 5.41) is 2.73. The predicted molar refractivity (Wildman–Crippen MR) is 92.5 cm³/mol. The van der Waals surface area contributed by atoms with Gasteiger partial charge in [0.15, 0.2) is 0 Å². The van der Waals surface area contributed by atoms with Crippen LogP contribution in [0.4, 0.5) is 18.9 Å². The fraction of sp³-hybridized carbons (Fsp3) is 0.200. The molecule has 0 bridgehead atoms. The number of carbonyl (C=O) groups excluding carboxylic acids is 1. The maximum Gasteiger partial charge on any atom is 0.417 e. The lowest BCUT2D eigenvalue weighted by molar-refractivity contribution is -0.137. The van der Waals surface area contributed by atoms with Crippen molar-refractivity contribution in [2.24, 2.45) is 0 Å². The van der Waals surface area contributed by atoms with E-state index < -0.39 is 11.7 Å². The summed E-state index contributed by atoms with van der Waals surface area (Å²) in [6.45, 7) is 1.92. The molecule has 9 heteroatoms. The number of halogens is 5. The Bertz CT molecular complexity index is 771. The number of benzene rings is 1. The number of anilines is 1. The highest BCUT2D eigenvalue weighted by molar-refractivity contribution is 9.10. The Balaban J connectivity index is 1.99. The van der Waals surface area contributed by atoms with Crippen molar-refractivity contribution in [3.63, 3.8) is 0 Å². The number of thioether (sulfide) groups is 1. The van der Waals surface area contributed by atoms with E-state index in [0.717, 1.165) is 27.9 Å². The maximum atomic E-state index is 12.5. The van der Waals surface area contributed by atoms with Crippen molar-refractivity contribution in [1.29, 1.82) is 0 Å². The van der Waals surface area contributed by atoms with Crippen LogP contribution in [0.2, 0.25) is 5.02 Å². The summed E-state index contributed by atoms with van der Waals surface area (Å²) in [5.41, 5.74) is 0.720. The molecule has 0 saturated carbocycles. The molecule has 1 N–H and O–H groups in total. The van der Waals surface area contributed by atoms with Crippen molar-refractivity contribution in [2.45, 2.75) is 18.1 Å². The lowest BCUT2D eigenvalue weighted by Gasteiger charge is -2.10. The lowest BCUT2D eigenvalue weighted by Crippen LogP contribution is -2.14. The molecule has 0 spiro atoms. The number of alkyl halides is 3. The Morgan fingerprint density at radius 2 is 2.08 bits per heavy atom. The van der Waals surface area contributed by atoms with Gasteiger partial charge in [-0.15, -0.1) is 0 Å². The monoisotopic (exact) mass is 438 g/mol. The average molecular weight is 440 g/mol. The minimum Gasteiger partial charge on any atom is -0.324 e. The number of hydrogen-bond acceptors (Lipinski definition) is 3. The molecule has 0 radical (unpaired) electrons. The quantitative estimate of drug-likeness (QED) is 0.635. The Kier molecular flexibility index (Phi) is 6.17. The van der Waals surface area contributed by atoms with Gasteiger partial charge >= 0.3 is 6.18 Å². The Morgan fingerprint density at radius 3 is 2.67 bits per heavy atom. The highest BCUT2D eigenvalue weighted by Crippen LogP contribution is 2.33. The molecule has 0 aliphatic rings. The van der Waals surface area contributed by atoms with E-state index in [2.05, 4.69) is 26.2 Å². The predicted octanol–water partition coefficient (Wildman–Crippen LogP) is 5.56. The topological polar surface area (TPSA) is 42.0 Å². The van der Waals surface area contributed by atoms with Gasteiger partial charge in [0.05, 0.1) is 22.0 Å². The molecule has 0 fully saturated rings. The first-order valence-electron chi connectivity index (χ1n) is 6.58. The van der Waals surface area contributed by atoms with Crippen LogP contribution in [0.3, 0.4) is 0 Å². The zero-order valence-corrected chi connectivity index (χ0v) is 15.4. The average Bonchev–Trinajstić information content (AvgIpc) is 2.48. The molecule has 0 aliphatic heterocycles. The van der Waals surface area contributed by atoms with Crippen LogP contribution in [-0.4, -0.2) is 16.6 Å². The first kappa shape index (κ1) is 19.1. The number of rotatable bonds is 4. The summed E-state index contributed by atoms with van der Waals surface area (Å²) in [7, 11) is 0. The second-order valence-electron chi connectivity index (χ2n) is 4.83. The van der Waals surface area contributed by atoms with Gasteiger partial charge in [0.2, 0.25) is 5.91 Å². The largest absolute Gasteiger partial charge is 0.417 e. The molecular formula is C15H11BrClF3N2OS. The van der Waals surface area contributed by atoms with E-state index in [1.165, 1.54) is 0 Å². The summed E-state index contributed by atoms with van der Waals surface area (Å²) in [4.78, 5) is 15.6. The van der Waals surface area contributed by atoms with Crippen molar-refractivity contribution >= 4 is 50.9 Å². The fourth-order valence-corrected chi connectivity index (χ4v) is 3.31. The normalized spacial score (nSPS) is 11.4. The van der Waals surface area contributed by atoms with Gasteiger partial charge < -0.3 is 5.32 Å². The Hall–Kier alpha value is -1.25. The van der Waals surface area contributed by atoms with Crippen LogP contribution in [-0.2, 0) is 11.0 Å². The van der Waals surface area contributed by atoms with E-state index in [9.17, 15) is 18.0 Å². The zero-order valence-electron chi connectivity index (χ0n) is 12.2. The minimum absolute atomic E-state index is 0.0294. The Morgan fingerprint density at radius 1 is 1.38 bits per heavy atom. The van der Waals surface area contributed by atoms with Gasteiger partial charge in [-0.05, 0) is 46.6 Å². The summed E-state index contributed by atoms with van der Waals surface area (Å²) in [5.74, 6) is -0.347. The summed E-state index contributed by atoms with van der Waals surface area (Å²) in [6, 6.07) is 6.26. The molecule has 0 saturated heterocycles. The van der Waals surface area contributed by atoms with Crippen LogP contribution in [0, 0.1) is 6.92 Å². The third kappa shape index (κ3) is 5.12. The molecule has 1 aromatic carbocycles. The number of nitrogens with one attached hydrogen (secondary N) is 1. The van der Waals surface area contributed by atoms with Crippen LogP contribution in [0.25, 0.3) is 0 Å². The summed E-state index contributed by atoms with van der Waals surface area (Å²) < 4.78 is 38.4. The van der Waals surface area contributed by atoms with Gasteiger partial charge in [-0.2, -0.15) is 13.2 Å². The van der Waals surface area contributed by atoms with Gasteiger partial charge in [0.25, 0.3) is 0 Å². The molecule has 3 nitrogen and oxygen atoms in total. The number of aryl methyl sites for hydroxylation is 1. The van der Waals surface area contributed by atoms with Gasteiger partial charge in [0.1, 0.15) is 5.03 Å². The van der Waals surface area contributed by atoms with Crippen LogP contribution in [0.1, 0.15) is 11.1 Å². The van der Waals surface area contributed by atoms with Gasteiger partial charge in [-0.25, -0.2) is 4.98 Å². The SMILES string of the molecule is Cc1ccc(NC(=O)CSc2ncc(C(F)(F)F)cc2Cl)c(Br)c1. The number of aromatic nitrogens is 1. The molecule has 1 amide bonds. The van der Waals surface area contributed by atoms with Gasteiger partial charge in [0, 0.05) is 10.7 Å². The molecule has 1 heterocycles.